The second kappa shape index (κ2) is 35.1. The van der Waals surface area contributed by atoms with Crippen LogP contribution in [-0.4, -0.2) is 43.3 Å². The van der Waals surface area contributed by atoms with Gasteiger partial charge in [-0.1, -0.05) is 135 Å². The van der Waals surface area contributed by atoms with Crippen LogP contribution >= 0.6 is 7.82 Å². The van der Waals surface area contributed by atoms with Crippen LogP contribution in [0.2, 0.25) is 0 Å². The molecule has 0 amide bonds. The first-order valence-electron chi connectivity index (χ1n) is 18.9. The Hall–Kier alpha value is -1.18. The Labute approximate surface area is 283 Å². The minimum Gasteiger partial charge on any atom is -0.498 e. The lowest BCUT2D eigenvalue weighted by Gasteiger charge is -2.19. The van der Waals surface area contributed by atoms with Gasteiger partial charge in [0.05, 0.1) is 19.5 Å². The summed E-state index contributed by atoms with van der Waals surface area (Å²) in [5, 5.41) is 0. The van der Waals surface area contributed by atoms with E-state index in [2.05, 4.69) is 26.0 Å². The molecule has 0 saturated carbocycles. The van der Waals surface area contributed by atoms with Crippen molar-refractivity contribution in [3.63, 3.8) is 0 Å². The van der Waals surface area contributed by atoms with Crippen molar-refractivity contribution in [1.82, 2.24) is 0 Å². The van der Waals surface area contributed by atoms with Gasteiger partial charge in [-0.15, -0.1) is 0 Å². The summed E-state index contributed by atoms with van der Waals surface area (Å²) in [7, 11) is -4.28. The maximum atomic E-state index is 12.5. The molecule has 0 radical (unpaired) electrons. The number of allylic oxidation sites excluding steroid dienone is 3. The quantitative estimate of drug-likeness (QED) is 0.0222. The average Bonchev–Trinajstić information content (AvgIpc) is 3.04. The van der Waals surface area contributed by atoms with Crippen LogP contribution in [0.15, 0.2) is 24.5 Å². The van der Waals surface area contributed by atoms with Crippen molar-refractivity contribution in [3.05, 3.63) is 24.5 Å². The first-order chi connectivity index (χ1) is 22.4. The fraction of sp³-hybridized carbons (Fsp3) is 0.865. The van der Waals surface area contributed by atoms with Crippen molar-refractivity contribution in [1.29, 1.82) is 0 Å². The van der Waals surface area contributed by atoms with Crippen LogP contribution in [0.25, 0.3) is 0 Å². The average molecular weight is 674 g/mol. The van der Waals surface area contributed by atoms with Gasteiger partial charge in [0.1, 0.15) is 6.61 Å². The fourth-order valence-electron chi connectivity index (χ4n) is 5.13. The smallest absolute Gasteiger partial charge is 0.472 e. The number of ether oxygens (including phenoxy) is 2. The van der Waals surface area contributed by atoms with Gasteiger partial charge in [-0.25, -0.2) is 4.57 Å². The molecule has 9 heteroatoms. The predicted octanol–water partition coefficient (Wildman–Crippen LogP) is 10.9. The Kier molecular flexibility index (Phi) is 34.2. The molecule has 272 valence electrons. The number of esters is 1. The Bertz CT molecular complexity index is 762. The zero-order valence-electron chi connectivity index (χ0n) is 29.8. The molecular formula is C37H72NO7P. The van der Waals surface area contributed by atoms with E-state index in [0.717, 1.165) is 44.9 Å². The lowest BCUT2D eigenvalue weighted by Crippen LogP contribution is -2.27. The lowest BCUT2D eigenvalue weighted by molar-refractivity contribution is -0.153. The second-order valence-electron chi connectivity index (χ2n) is 12.5. The van der Waals surface area contributed by atoms with Crippen LogP contribution in [-0.2, 0) is 27.9 Å². The van der Waals surface area contributed by atoms with E-state index in [4.69, 9.17) is 24.3 Å². The van der Waals surface area contributed by atoms with Gasteiger partial charge < -0.3 is 20.1 Å². The van der Waals surface area contributed by atoms with Crippen molar-refractivity contribution in [3.8, 4) is 0 Å². The third-order valence-electron chi connectivity index (χ3n) is 7.94. The van der Waals surface area contributed by atoms with Gasteiger partial charge >= 0.3 is 13.8 Å². The monoisotopic (exact) mass is 674 g/mol. The summed E-state index contributed by atoms with van der Waals surface area (Å²) in [6.07, 6.45) is 37.1. The van der Waals surface area contributed by atoms with Crippen molar-refractivity contribution in [2.75, 3.05) is 26.4 Å². The number of carbonyl (C=O) groups is 1. The van der Waals surface area contributed by atoms with Crippen LogP contribution < -0.4 is 5.73 Å². The van der Waals surface area contributed by atoms with Crippen LogP contribution in [0.1, 0.15) is 174 Å². The predicted molar refractivity (Wildman–Crippen MR) is 192 cm³/mol. The number of rotatable bonds is 36. The summed E-state index contributed by atoms with van der Waals surface area (Å²) in [4.78, 5) is 22.3. The van der Waals surface area contributed by atoms with Gasteiger partial charge in [-0.3, -0.25) is 13.8 Å². The van der Waals surface area contributed by atoms with Crippen LogP contribution in [0.5, 0.6) is 0 Å². The van der Waals surface area contributed by atoms with Gasteiger partial charge in [0.25, 0.3) is 0 Å². The Morgan fingerprint density at radius 1 is 0.652 bits per heavy atom. The SMILES string of the molecule is CCCCCCCC/C=C/CCCCCC(=O)O[C@H](CO/C=C/CCCCCCCCCCCCCC)COP(=O)(O)OCCN. The van der Waals surface area contributed by atoms with Crippen molar-refractivity contribution >= 4 is 13.8 Å². The number of hydrogen-bond acceptors (Lipinski definition) is 7. The number of phosphoric acid groups is 1. The summed E-state index contributed by atoms with van der Waals surface area (Å²) < 4.78 is 33.0. The van der Waals surface area contributed by atoms with E-state index in [-0.39, 0.29) is 38.8 Å². The first-order valence-corrected chi connectivity index (χ1v) is 20.4. The standard InChI is InChI=1S/C37H72NO7P/c1-3-5-7-9-11-13-15-17-19-21-23-25-27-29-32-42-34-36(35-44-46(40,41)43-33-31-38)45-37(39)30-28-26-24-22-20-18-16-14-12-10-8-6-4-2/h18,20,29,32,36H,3-17,19,21-28,30-31,33-35,38H2,1-2H3,(H,40,41)/b20-18+,32-29+/t36-/m1/s1. The molecule has 0 saturated heterocycles. The van der Waals surface area contributed by atoms with Crippen LogP contribution in [0.4, 0.5) is 0 Å². The highest BCUT2D eigenvalue weighted by atomic mass is 31.2. The zero-order valence-corrected chi connectivity index (χ0v) is 30.7. The number of unbranched alkanes of at least 4 members (excludes halogenated alkanes) is 21. The zero-order chi connectivity index (χ0) is 33.8. The molecule has 8 nitrogen and oxygen atoms in total. The molecular weight excluding hydrogens is 601 g/mol. The topological polar surface area (TPSA) is 117 Å². The lowest BCUT2D eigenvalue weighted by atomic mass is 10.0. The number of carbonyl (C=O) groups excluding carboxylic acids is 1. The minimum atomic E-state index is -4.28. The highest BCUT2D eigenvalue weighted by molar-refractivity contribution is 7.47. The molecule has 0 rings (SSSR count). The third-order valence-corrected chi connectivity index (χ3v) is 8.92. The highest BCUT2D eigenvalue weighted by Gasteiger charge is 2.25. The van der Waals surface area contributed by atoms with E-state index in [0.29, 0.717) is 0 Å². The summed E-state index contributed by atoms with van der Waals surface area (Å²) in [6.45, 7) is 4.21. The number of hydrogen-bond donors (Lipinski definition) is 2. The first kappa shape index (κ1) is 44.8. The van der Waals surface area contributed by atoms with Gasteiger partial charge in [0, 0.05) is 13.0 Å². The van der Waals surface area contributed by atoms with Crippen molar-refractivity contribution in [2.45, 2.75) is 180 Å². The molecule has 0 aromatic carbocycles. The van der Waals surface area contributed by atoms with Crippen molar-refractivity contribution in [2.24, 2.45) is 5.73 Å². The molecule has 0 aromatic rings. The maximum Gasteiger partial charge on any atom is 0.472 e. The van der Waals surface area contributed by atoms with Crippen LogP contribution in [0.3, 0.4) is 0 Å². The summed E-state index contributed by atoms with van der Waals surface area (Å²) in [5.41, 5.74) is 5.34. The molecule has 0 spiro atoms. The summed E-state index contributed by atoms with van der Waals surface area (Å²) >= 11 is 0. The Balaban J connectivity index is 4.17. The number of nitrogens with two attached hydrogens (primary N) is 1. The largest absolute Gasteiger partial charge is 0.498 e. The van der Waals surface area contributed by atoms with Crippen molar-refractivity contribution < 1.29 is 32.8 Å². The molecule has 0 aliphatic carbocycles. The Morgan fingerprint density at radius 3 is 1.61 bits per heavy atom. The molecule has 0 aliphatic rings. The van der Waals surface area contributed by atoms with E-state index in [1.165, 1.54) is 109 Å². The summed E-state index contributed by atoms with van der Waals surface area (Å²) in [5.74, 6) is -0.369. The Morgan fingerprint density at radius 2 is 1.11 bits per heavy atom. The van der Waals surface area contributed by atoms with Gasteiger partial charge in [0.15, 0.2) is 6.10 Å². The van der Waals surface area contributed by atoms with E-state index < -0.39 is 13.9 Å². The molecule has 46 heavy (non-hydrogen) atoms. The molecule has 0 aliphatic heterocycles. The normalized spacial score (nSPS) is 13.8. The van der Waals surface area contributed by atoms with Gasteiger partial charge in [-0.2, -0.15) is 0 Å². The molecule has 0 bridgehead atoms. The van der Waals surface area contributed by atoms with E-state index in [1.807, 2.05) is 6.08 Å². The summed E-state index contributed by atoms with van der Waals surface area (Å²) in [6, 6.07) is 0. The van der Waals surface area contributed by atoms with Gasteiger partial charge in [-0.05, 0) is 51.0 Å². The molecule has 0 fully saturated rings. The highest BCUT2D eigenvalue weighted by Crippen LogP contribution is 2.43. The molecule has 1 unspecified atom stereocenters. The molecule has 0 aromatic heterocycles. The fourth-order valence-corrected chi connectivity index (χ4v) is 5.90. The van der Waals surface area contributed by atoms with E-state index in [9.17, 15) is 14.3 Å². The van der Waals surface area contributed by atoms with Crippen LogP contribution in [0, 0.1) is 0 Å². The minimum absolute atomic E-state index is 0.0287. The third kappa shape index (κ3) is 34.2. The molecule has 0 heterocycles. The molecule has 2 atom stereocenters. The number of phosphoric ester groups is 1. The second-order valence-corrected chi connectivity index (χ2v) is 14.0. The van der Waals surface area contributed by atoms with E-state index in [1.54, 1.807) is 6.26 Å². The van der Waals surface area contributed by atoms with E-state index >= 15 is 0 Å². The van der Waals surface area contributed by atoms with Gasteiger partial charge in [0.2, 0.25) is 0 Å². The molecule has 3 N–H and O–H groups in total. The maximum absolute atomic E-state index is 12.5.